The highest BCUT2D eigenvalue weighted by Gasteiger charge is 2.40. The summed E-state index contributed by atoms with van der Waals surface area (Å²) in [6, 6.07) is 7.49. The Hall–Kier alpha value is -1.85. The smallest absolute Gasteiger partial charge is 0.253 e. The van der Waals surface area contributed by atoms with Crippen LogP contribution in [0.2, 0.25) is 0 Å². The monoisotopic (exact) mass is 328 g/mol. The van der Waals surface area contributed by atoms with E-state index in [0.717, 1.165) is 29.8 Å². The molecular formula is C19H24N2O3. The van der Waals surface area contributed by atoms with Crippen molar-refractivity contribution in [2.45, 2.75) is 31.8 Å². The van der Waals surface area contributed by atoms with Gasteiger partial charge in [0.15, 0.2) is 0 Å². The predicted molar refractivity (Wildman–Crippen MR) is 92.1 cm³/mol. The fraction of sp³-hybridized carbons (Fsp3) is 0.526. The van der Waals surface area contributed by atoms with E-state index in [0.29, 0.717) is 31.6 Å². The van der Waals surface area contributed by atoms with Crippen molar-refractivity contribution in [1.29, 1.82) is 0 Å². The zero-order valence-corrected chi connectivity index (χ0v) is 14.1. The average molecular weight is 328 g/mol. The SMILES string of the molecule is Cc1cc2cc(C(=O)N3CC[C@@](O)(CN4CCCC4)C3)ccc2o1. The first-order chi connectivity index (χ1) is 11.5. The van der Waals surface area contributed by atoms with Crippen molar-refractivity contribution in [3.8, 4) is 0 Å². The molecule has 0 radical (unpaired) electrons. The largest absolute Gasteiger partial charge is 0.461 e. The second-order valence-electron chi connectivity index (χ2n) is 7.29. The number of carbonyl (C=O) groups is 1. The number of hydrogen-bond donors (Lipinski definition) is 1. The lowest BCUT2D eigenvalue weighted by atomic mass is 10.0. The molecule has 5 heteroatoms. The Morgan fingerprint density at radius 1 is 1.25 bits per heavy atom. The third-order valence-corrected chi connectivity index (χ3v) is 5.22. The minimum atomic E-state index is -0.768. The minimum Gasteiger partial charge on any atom is -0.461 e. The van der Waals surface area contributed by atoms with E-state index in [1.54, 1.807) is 4.90 Å². The summed E-state index contributed by atoms with van der Waals surface area (Å²) in [5.41, 5.74) is 0.695. The molecule has 2 saturated heterocycles. The number of carbonyl (C=O) groups excluding carboxylic acids is 1. The lowest BCUT2D eigenvalue weighted by Gasteiger charge is -2.28. The van der Waals surface area contributed by atoms with Crippen molar-refractivity contribution in [3.63, 3.8) is 0 Å². The molecule has 5 nitrogen and oxygen atoms in total. The van der Waals surface area contributed by atoms with Crippen molar-refractivity contribution in [2.75, 3.05) is 32.7 Å². The molecule has 0 saturated carbocycles. The summed E-state index contributed by atoms with van der Waals surface area (Å²) in [4.78, 5) is 16.9. The highest BCUT2D eigenvalue weighted by Crippen LogP contribution is 2.27. The molecule has 1 aromatic heterocycles. The molecule has 4 rings (SSSR count). The van der Waals surface area contributed by atoms with Gasteiger partial charge in [-0.3, -0.25) is 4.79 Å². The van der Waals surface area contributed by atoms with E-state index in [9.17, 15) is 9.90 Å². The summed E-state index contributed by atoms with van der Waals surface area (Å²) in [6.45, 7) is 5.74. The predicted octanol–water partition coefficient (Wildman–Crippen LogP) is 2.41. The molecule has 2 aliphatic rings. The molecule has 0 aliphatic carbocycles. The van der Waals surface area contributed by atoms with Crippen LogP contribution in [-0.2, 0) is 0 Å². The topological polar surface area (TPSA) is 56.9 Å². The van der Waals surface area contributed by atoms with Crippen LogP contribution >= 0.6 is 0 Å². The molecule has 128 valence electrons. The van der Waals surface area contributed by atoms with E-state index in [-0.39, 0.29) is 5.91 Å². The molecule has 0 bridgehead atoms. The molecular weight excluding hydrogens is 304 g/mol. The summed E-state index contributed by atoms with van der Waals surface area (Å²) >= 11 is 0. The molecule has 2 fully saturated rings. The molecule has 1 N–H and O–H groups in total. The van der Waals surface area contributed by atoms with Crippen LogP contribution in [0, 0.1) is 6.92 Å². The van der Waals surface area contributed by atoms with Crippen LogP contribution in [0.25, 0.3) is 11.0 Å². The minimum absolute atomic E-state index is 0.00639. The highest BCUT2D eigenvalue weighted by molar-refractivity contribution is 5.98. The molecule has 1 amide bonds. The van der Waals surface area contributed by atoms with Crippen LogP contribution in [0.15, 0.2) is 28.7 Å². The summed E-state index contributed by atoms with van der Waals surface area (Å²) in [5, 5.41) is 11.8. The quantitative estimate of drug-likeness (QED) is 0.940. The van der Waals surface area contributed by atoms with Gasteiger partial charge in [0.2, 0.25) is 0 Å². The van der Waals surface area contributed by atoms with Gasteiger partial charge in [0.05, 0.1) is 12.1 Å². The normalized spacial score (nSPS) is 25.0. The van der Waals surface area contributed by atoms with Crippen molar-refractivity contribution in [2.24, 2.45) is 0 Å². The molecule has 2 aliphatic heterocycles. The van der Waals surface area contributed by atoms with Crippen molar-refractivity contribution in [3.05, 3.63) is 35.6 Å². The van der Waals surface area contributed by atoms with Gasteiger partial charge in [-0.15, -0.1) is 0 Å². The van der Waals surface area contributed by atoms with Crippen LogP contribution in [-0.4, -0.2) is 59.1 Å². The molecule has 0 spiro atoms. The highest BCUT2D eigenvalue weighted by atomic mass is 16.3. The maximum Gasteiger partial charge on any atom is 0.253 e. The number of β-amino-alcohol motifs (C(OH)–C–C–N with tert-alkyl or cyclic N) is 1. The van der Waals surface area contributed by atoms with Gasteiger partial charge in [0.1, 0.15) is 11.3 Å². The molecule has 1 aromatic carbocycles. The molecule has 1 atom stereocenters. The maximum atomic E-state index is 12.8. The number of fused-ring (bicyclic) bond motifs is 1. The van der Waals surface area contributed by atoms with E-state index >= 15 is 0 Å². The molecule has 3 heterocycles. The second kappa shape index (κ2) is 5.90. The van der Waals surface area contributed by atoms with Gasteiger partial charge in [0, 0.05) is 24.0 Å². The van der Waals surface area contributed by atoms with Gasteiger partial charge in [-0.25, -0.2) is 0 Å². The van der Waals surface area contributed by atoms with E-state index in [2.05, 4.69) is 4.90 Å². The van der Waals surface area contributed by atoms with Crippen LogP contribution < -0.4 is 0 Å². The Morgan fingerprint density at radius 3 is 2.83 bits per heavy atom. The van der Waals surface area contributed by atoms with E-state index in [1.807, 2.05) is 31.2 Å². The number of rotatable bonds is 3. The first kappa shape index (κ1) is 15.7. The number of furan rings is 1. The fourth-order valence-electron chi connectivity index (χ4n) is 4.01. The van der Waals surface area contributed by atoms with Gasteiger partial charge in [-0.1, -0.05) is 0 Å². The van der Waals surface area contributed by atoms with E-state index < -0.39 is 5.60 Å². The third-order valence-electron chi connectivity index (χ3n) is 5.22. The number of benzene rings is 1. The summed E-state index contributed by atoms with van der Waals surface area (Å²) in [5.74, 6) is 0.837. The first-order valence-electron chi connectivity index (χ1n) is 8.77. The van der Waals surface area contributed by atoms with Gasteiger partial charge in [-0.2, -0.15) is 0 Å². The lowest BCUT2D eigenvalue weighted by molar-refractivity contribution is 0.0175. The summed E-state index contributed by atoms with van der Waals surface area (Å²) in [6.07, 6.45) is 3.08. The number of aryl methyl sites for hydroxylation is 1. The zero-order valence-electron chi connectivity index (χ0n) is 14.1. The Kier molecular flexibility index (Phi) is 3.85. The van der Waals surface area contributed by atoms with Gasteiger partial charge in [0.25, 0.3) is 5.91 Å². The first-order valence-corrected chi connectivity index (χ1v) is 8.77. The summed E-state index contributed by atoms with van der Waals surface area (Å²) < 4.78 is 5.57. The van der Waals surface area contributed by atoms with Crippen molar-refractivity contribution in [1.82, 2.24) is 9.80 Å². The van der Waals surface area contributed by atoms with Crippen LogP contribution in [0.3, 0.4) is 0 Å². The number of amides is 1. The third kappa shape index (κ3) is 2.94. The number of likely N-dealkylation sites (tertiary alicyclic amines) is 2. The average Bonchev–Trinajstić information content (AvgIpc) is 3.25. The molecule has 24 heavy (non-hydrogen) atoms. The van der Waals surface area contributed by atoms with Crippen LogP contribution in [0.5, 0.6) is 0 Å². The second-order valence-corrected chi connectivity index (χ2v) is 7.29. The van der Waals surface area contributed by atoms with Crippen molar-refractivity contribution >= 4 is 16.9 Å². The number of nitrogens with zero attached hydrogens (tertiary/aromatic N) is 2. The number of hydrogen-bond acceptors (Lipinski definition) is 4. The summed E-state index contributed by atoms with van der Waals surface area (Å²) in [7, 11) is 0. The van der Waals surface area contributed by atoms with Gasteiger partial charge < -0.3 is 19.3 Å². The lowest BCUT2D eigenvalue weighted by Crippen LogP contribution is -2.45. The maximum absolute atomic E-state index is 12.8. The van der Waals surface area contributed by atoms with Gasteiger partial charge >= 0.3 is 0 Å². The molecule has 2 aromatic rings. The van der Waals surface area contributed by atoms with E-state index in [1.165, 1.54) is 12.8 Å². The Bertz CT molecular complexity index is 763. The van der Waals surface area contributed by atoms with Crippen LogP contribution in [0.4, 0.5) is 0 Å². The standard InChI is InChI=1S/C19H24N2O3/c1-14-10-16-11-15(4-5-17(16)24-14)18(22)21-9-6-19(23,13-21)12-20-7-2-3-8-20/h4-5,10-11,23H,2-3,6-9,12-13H2,1H3/t19-/m1/s1. The van der Waals surface area contributed by atoms with Gasteiger partial charge in [-0.05, 0) is 63.5 Å². The number of aliphatic hydroxyl groups is 1. The fourth-order valence-corrected chi connectivity index (χ4v) is 4.01. The van der Waals surface area contributed by atoms with Crippen LogP contribution in [0.1, 0.15) is 35.4 Å². The Balaban J connectivity index is 1.47. The zero-order chi connectivity index (χ0) is 16.7. The Morgan fingerprint density at radius 2 is 2.04 bits per heavy atom. The molecule has 0 unspecified atom stereocenters. The van der Waals surface area contributed by atoms with E-state index in [4.69, 9.17) is 4.42 Å². The van der Waals surface area contributed by atoms with Crippen molar-refractivity contribution < 1.29 is 14.3 Å². The Labute approximate surface area is 141 Å².